The number of aliphatic hydroxyl groups excluding tert-OH is 1. The number of carbonyl (C=O) groups is 3. The molecule has 34 heavy (non-hydrogen) atoms. The molecule has 3 saturated heterocycles. The van der Waals surface area contributed by atoms with E-state index < -0.39 is 35.6 Å². The van der Waals surface area contributed by atoms with Gasteiger partial charge in [-0.05, 0) is 38.3 Å². The summed E-state index contributed by atoms with van der Waals surface area (Å²) in [5, 5.41) is 9.76. The first-order valence-electron chi connectivity index (χ1n) is 11.6. The molecule has 3 heterocycles. The van der Waals surface area contributed by atoms with E-state index in [1.807, 2.05) is 32.0 Å². The Hall–Kier alpha value is -2.23. The molecule has 6 atom stereocenters. The van der Waals surface area contributed by atoms with Crippen molar-refractivity contribution in [3.8, 4) is 0 Å². The Kier molecular flexibility index (Phi) is 6.90. The lowest BCUT2D eigenvalue weighted by Gasteiger charge is -2.37. The first kappa shape index (κ1) is 24.9. The van der Waals surface area contributed by atoms with Gasteiger partial charge in [0.05, 0.1) is 31.2 Å². The Morgan fingerprint density at radius 2 is 2.06 bits per heavy atom. The Morgan fingerprint density at radius 1 is 1.38 bits per heavy atom. The Morgan fingerprint density at radius 3 is 2.65 bits per heavy atom. The van der Waals surface area contributed by atoms with Gasteiger partial charge in [0, 0.05) is 23.6 Å². The quantitative estimate of drug-likeness (QED) is 0.311. The fourth-order valence-corrected chi connectivity index (χ4v) is 7.01. The maximum Gasteiger partial charge on any atom is 0.312 e. The molecular formula is C25H31BrN2O6. The number of aliphatic hydroxyl groups is 1. The van der Waals surface area contributed by atoms with Crippen LogP contribution in [-0.4, -0.2) is 76.7 Å². The highest BCUT2D eigenvalue weighted by atomic mass is 79.9. The standard InChI is InChI=1S/C25H31BrN2O6/c1-5-10-27(19-14(3)8-7-9-15(19)4)23(31)21-25-13-16(26)20(34-25)17(24(32)33-6-2)18(25)22(30)28(21)11-12-29/h5,7-9,16-18,20-21,29H,1,6,10-13H2,2-4H3/t16?,17-,18+,20-,21-,25+/m1/s1. The minimum atomic E-state index is -1.18. The molecular weight excluding hydrogens is 504 g/mol. The summed E-state index contributed by atoms with van der Waals surface area (Å²) in [5.41, 5.74) is 1.41. The second-order valence-corrected chi connectivity index (χ2v) is 10.3. The van der Waals surface area contributed by atoms with Crippen LogP contribution in [0.1, 0.15) is 24.5 Å². The highest BCUT2D eigenvalue weighted by Crippen LogP contribution is 2.60. The van der Waals surface area contributed by atoms with E-state index in [0.29, 0.717) is 6.42 Å². The average Bonchev–Trinajstić information content (AvgIpc) is 3.37. The van der Waals surface area contributed by atoms with Gasteiger partial charge in [0.2, 0.25) is 5.91 Å². The number of halogens is 1. The third-order valence-electron chi connectivity index (χ3n) is 7.21. The second kappa shape index (κ2) is 9.43. The van der Waals surface area contributed by atoms with E-state index in [-0.39, 0.29) is 42.9 Å². The van der Waals surface area contributed by atoms with Crippen molar-refractivity contribution in [2.24, 2.45) is 11.8 Å². The normalized spacial score (nSPS) is 31.5. The number of hydrogen-bond donors (Lipinski definition) is 1. The summed E-state index contributed by atoms with van der Waals surface area (Å²) in [7, 11) is 0. The molecule has 1 aromatic rings. The number of anilines is 1. The molecule has 9 heteroatoms. The molecule has 8 nitrogen and oxygen atoms in total. The van der Waals surface area contributed by atoms with Gasteiger partial charge in [-0.3, -0.25) is 14.4 Å². The summed E-state index contributed by atoms with van der Waals surface area (Å²) >= 11 is 3.62. The zero-order chi connectivity index (χ0) is 24.8. The van der Waals surface area contributed by atoms with Gasteiger partial charge in [0.25, 0.3) is 5.91 Å². The van der Waals surface area contributed by atoms with Gasteiger partial charge in [0.15, 0.2) is 0 Å². The van der Waals surface area contributed by atoms with Crippen LogP contribution < -0.4 is 4.90 Å². The zero-order valence-corrected chi connectivity index (χ0v) is 21.3. The minimum Gasteiger partial charge on any atom is -0.466 e. The highest BCUT2D eigenvalue weighted by Gasteiger charge is 2.77. The average molecular weight is 535 g/mol. The van der Waals surface area contributed by atoms with Gasteiger partial charge in [-0.1, -0.05) is 40.2 Å². The molecule has 0 aromatic heterocycles. The van der Waals surface area contributed by atoms with Crippen molar-refractivity contribution in [2.75, 3.05) is 31.2 Å². The number of para-hydroxylation sites is 1. The summed E-state index contributed by atoms with van der Waals surface area (Å²) in [6, 6.07) is 4.81. The van der Waals surface area contributed by atoms with E-state index in [1.165, 1.54) is 4.90 Å². The van der Waals surface area contributed by atoms with Crippen molar-refractivity contribution in [2.45, 2.75) is 49.8 Å². The third-order valence-corrected chi connectivity index (χ3v) is 8.05. The predicted octanol–water partition coefficient (Wildman–Crippen LogP) is 2.13. The Labute approximate surface area is 208 Å². The highest BCUT2D eigenvalue weighted by molar-refractivity contribution is 9.09. The smallest absolute Gasteiger partial charge is 0.312 e. The summed E-state index contributed by atoms with van der Waals surface area (Å²) < 4.78 is 11.7. The van der Waals surface area contributed by atoms with Gasteiger partial charge >= 0.3 is 5.97 Å². The number of aryl methyl sites for hydroxylation is 2. The van der Waals surface area contributed by atoms with Crippen molar-refractivity contribution in [3.05, 3.63) is 42.0 Å². The molecule has 0 saturated carbocycles. The van der Waals surface area contributed by atoms with Gasteiger partial charge in [-0.2, -0.15) is 0 Å². The SMILES string of the molecule is C=CCN(C(=O)[C@H]1N(CCO)C(=O)[C@@H]2[C@@H](C(=O)OCC)[C@@H]3O[C@@]21CC3Br)c1c(C)cccc1C. The summed E-state index contributed by atoms with van der Waals surface area (Å²) in [6.45, 7) is 9.49. The monoisotopic (exact) mass is 534 g/mol. The summed E-state index contributed by atoms with van der Waals surface area (Å²) in [4.78, 5) is 43.7. The number of rotatable bonds is 8. The molecule has 4 rings (SSSR count). The summed E-state index contributed by atoms with van der Waals surface area (Å²) in [5.74, 6) is -2.81. The molecule has 2 bridgehead atoms. The lowest BCUT2D eigenvalue weighted by Crippen LogP contribution is -2.57. The van der Waals surface area contributed by atoms with E-state index in [4.69, 9.17) is 9.47 Å². The van der Waals surface area contributed by atoms with Crippen molar-refractivity contribution in [3.63, 3.8) is 0 Å². The zero-order valence-electron chi connectivity index (χ0n) is 19.7. The molecule has 1 unspecified atom stereocenters. The second-order valence-electron chi connectivity index (χ2n) is 9.15. The molecule has 2 amide bonds. The Bertz CT molecular complexity index is 995. The van der Waals surface area contributed by atoms with Crippen molar-refractivity contribution >= 4 is 39.4 Å². The number of ether oxygens (including phenoxy) is 2. The lowest BCUT2D eigenvalue weighted by molar-refractivity contribution is -0.154. The number of nitrogens with zero attached hydrogens (tertiary/aromatic N) is 2. The molecule has 0 radical (unpaired) electrons. The molecule has 1 N–H and O–H groups in total. The van der Waals surface area contributed by atoms with Gasteiger partial charge in [-0.25, -0.2) is 0 Å². The maximum absolute atomic E-state index is 14.3. The largest absolute Gasteiger partial charge is 0.466 e. The van der Waals surface area contributed by atoms with Crippen molar-refractivity contribution in [1.82, 2.24) is 4.90 Å². The van der Waals surface area contributed by atoms with Crippen LogP contribution in [0.4, 0.5) is 5.69 Å². The van der Waals surface area contributed by atoms with Crippen molar-refractivity contribution < 1.29 is 29.0 Å². The van der Waals surface area contributed by atoms with E-state index >= 15 is 0 Å². The summed E-state index contributed by atoms with van der Waals surface area (Å²) in [6.07, 6.45) is 1.48. The van der Waals surface area contributed by atoms with Crippen LogP contribution in [0.5, 0.6) is 0 Å². The van der Waals surface area contributed by atoms with Crippen LogP contribution in [0.3, 0.4) is 0 Å². The number of benzene rings is 1. The van der Waals surface area contributed by atoms with Crippen LogP contribution in [0.2, 0.25) is 0 Å². The van der Waals surface area contributed by atoms with Gasteiger partial charge in [-0.15, -0.1) is 6.58 Å². The van der Waals surface area contributed by atoms with E-state index in [1.54, 1.807) is 17.9 Å². The lowest BCUT2D eigenvalue weighted by atomic mass is 9.70. The van der Waals surface area contributed by atoms with Crippen LogP contribution in [0, 0.1) is 25.7 Å². The number of hydrogen-bond acceptors (Lipinski definition) is 6. The number of alkyl halides is 1. The minimum absolute atomic E-state index is 0.0291. The molecule has 3 fully saturated rings. The fourth-order valence-electron chi connectivity index (χ4n) is 6.06. The predicted molar refractivity (Wildman–Crippen MR) is 130 cm³/mol. The fraction of sp³-hybridized carbons (Fsp3) is 0.560. The topological polar surface area (TPSA) is 96.4 Å². The van der Waals surface area contributed by atoms with E-state index in [2.05, 4.69) is 22.5 Å². The first-order chi connectivity index (χ1) is 16.2. The number of amides is 2. The maximum atomic E-state index is 14.3. The van der Waals surface area contributed by atoms with Crippen LogP contribution in [0.25, 0.3) is 0 Å². The van der Waals surface area contributed by atoms with Gasteiger partial charge < -0.3 is 24.4 Å². The van der Waals surface area contributed by atoms with Gasteiger partial charge in [0.1, 0.15) is 11.6 Å². The number of β-amino-alcohol motifs (C(OH)–C–C–N with tert-alkyl or cyclic N) is 1. The van der Waals surface area contributed by atoms with Crippen LogP contribution >= 0.6 is 15.9 Å². The van der Waals surface area contributed by atoms with E-state index in [0.717, 1.165) is 16.8 Å². The molecule has 3 aliphatic heterocycles. The van der Waals surface area contributed by atoms with Crippen LogP contribution in [0.15, 0.2) is 30.9 Å². The van der Waals surface area contributed by atoms with Crippen LogP contribution in [-0.2, 0) is 23.9 Å². The number of carbonyl (C=O) groups excluding carboxylic acids is 3. The Balaban J connectivity index is 1.82. The van der Waals surface area contributed by atoms with Crippen molar-refractivity contribution in [1.29, 1.82) is 0 Å². The molecule has 3 aliphatic rings. The third kappa shape index (κ3) is 3.60. The molecule has 1 aromatic carbocycles. The molecule has 0 aliphatic carbocycles. The molecule has 1 spiro atoms. The number of fused-ring (bicyclic) bond motifs is 1. The molecule has 184 valence electrons. The van der Waals surface area contributed by atoms with E-state index in [9.17, 15) is 19.5 Å². The number of likely N-dealkylation sites (tertiary alicyclic amines) is 1. The number of esters is 1. The first-order valence-corrected chi connectivity index (χ1v) is 12.5.